The van der Waals surface area contributed by atoms with Gasteiger partial charge in [-0.05, 0) is 11.1 Å². The number of benzene rings is 1. The van der Waals surface area contributed by atoms with E-state index in [-0.39, 0.29) is 5.92 Å². The zero-order valence-electron chi connectivity index (χ0n) is 8.26. The van der Waals surface area contributed by atoms with E-state index in [4.69, 9.17) is 6.42 Å². The predicted molar refractivity (Wildman–Crippen MR) is 58.9 cm³/mol. The van der Waals surface area contributed by atoms with Gasteiger partial charge in [-0.3, -0.25) is 4.39 Å². The maximum Gasteiger partial charge on any atom is 0.0960 e. The molecule has 1 unspecified atom stereocenters. The topological polar surface area (TPSA) is 0 Å². The van der Waals surface area contributed by atoms with Crippen LogP contribution in [0, 0.1) is 12.3 Å². The molecule has 0 spiro atoms. The van der Waals surface area contributed by atoms with Crippen molar-refractivity contribution >= 4 is 6.08 Å². The van der Waals surface area contributed by atoms with Crippen LogP contribution in [0.1, 0.15) is 29.5 Å². The lowest BCUT2D eigenvalue weighted by atomic mass is 9.93. The van der Waals surface area contributed by atoms with Crippen molar-refractivity contribution < 1.29 is 4.39 Å². The van der Waals surface area contributed by atoms with Gasteiger partial charge in [0.1, 0.15) is 0 Å². The molecule has 0 heterocycles. The molecule has 0 fully saturated rings. The van der Waals surface area contributed by atoms with E-state index >= 15 is 0 Å². The molecule has 1 aromatic carbocycles. The van der Waals surface area contributed by atoms with Gasteiger partial charge in [0, 0.05) is 11.5 Å². The molecule has 1 atom stereocenters. The van der Waals surface area contributed by atoms with E-state index < -0.39 is 6.67 Å². The molecule has 0 N–H and O–H groups in total. The molecule has 0 aliphatic rings. The van der Waals surface area contributed by atoms with E-state index in [9.17, 15) is 4.39 Å². The maximum absolute atomic E-state index is 12.5. The summed E-state index contributed by atoms with van der Waals surface area (Å²) in [6.45, 7) is 5.11. The second-order valence-corrected chi connectivity index (χ2v) is 3.22. The Hall–Kier alpha value is -1.55. The minimum Gasteiger partial charge on any atom is -0.250 e. The van der Waals surface area contributed by atoms with Crippen molar-refractivity contribution in [2.75, 3.05) is 6.67 Å². The summed E-state index contributed by atoms with van der Waals surface area (Å²) in [6.07, 6.45) is 7.10. The van der Waals surface area contributed by atoms with Crippen LogP contribution >= 0.6 is 0 Å². The summed E-state index contributed by atoms with van der Waals surface area (Å²) in [5.74, 6) is 2.44. The van der Waals surface area contributed by atoms with Crippen LogP contribution in [0.3, 0.4) is 0 Å². The summed E-state index contributed by atoms with van der Waals surface area (Å²) in [6, 6.07) is 5.63. The molecule has 0 nitrogen and oxygen atoms in total. The zero-order chi connectivity index (χ0) is 10.6. The van der Waals surface area contributed by atoms with Gasteiger partial charge in [-0.15, -0.1) is 6.42 Å². The second kappa shape index (κ2) is 4.62. The van der Waals surface area contributed by atoms with Gasteiger partial charge in [0.05, 0.1) is 6.67 Å². The molecular weight excluding hydrogens is 175 g/mol. The fraction of sp³-hybridized carbons (Fsp3) is 0.231. The SMILES string of the molecule is C#Cc1c(C=C)cccc1C(C)CF. The molecule has 72 valence electrons. The minimum absolute atomic E-state index is 0.152. The summed E-state index contributed by atoms with van der Waals surface area (Å²) < 4.78 is 12.5. The van der Waals surface area contributed by atoms with Crippen LogP contribution in [0.5, 0.6) is 0 Å². The largest absolute Gasteiger partial charge is 0.250 e. The van der Waals surface area contributed by atoms with Crippen molar-refractivity contribution in [2.24, 2.45) is 0 Å². The van der Waals surface area contributed by atoms with E-state index in [2.05, 4.69) is 12.5 Å². The van der Waals surface area contributed by atoms with Crippen LogP contribution in [0.4, 0.5) is 4.39 Å². The third-order valence-corrected chi connectivity index (χ3v) is 2.26. The maximum atomic E-state index is 12.5. The Bertz CT molecular complexity index is 371. The Kier molecular flexibility index (Phi) is 3.48. The van der Waals surface area contributed by atoms with Gasteiger partial charge in [0.2, 0.25) is 0 Å². The van der Waals surface area contributed by atoms with Crippen molar-refractivity contribution in [3.8, 4) is 12.3 Å². The van der Waals surface area contributed by atoms with E-state index in [0.717, 1.165) is 16.7 Å². The highest BCUT2D eigenvalue weighted by Gasteiger charge is 2.10. The molecule has 0 aromatic heterocycles. The number of terminal acetylenes is 1. The Morgan fingerprint density at radius 2 is 2.36 bits per heavy atom. The third kappa shape index (κ3) is 1.85. The molecule has 1 aromatic rings. The summed E-state index contributed by atoms with van der Waals surface area (Å²) in [7, 11) is 0. The van der Waals surface area contributed by atoms with Crippen LogP contribution in [0.2, 0.25) is 0 Å². The van der Waals surface area contributed by atoms with Crippen molar-refractivity contribution in [3.05, 3.63) is 41.5 Å². The molecule has 0 bridgehead atoms. The monoisotopic (exact) mass is 188 g/mol. The van der Waals surface area contributed by atoms with Crippen LogP contribution in [0.25, 0.3) is 6.08 Å². The fourth-order valence-electron chi connectivity index (χ4n) is 1.42. The predicted octanol–water partition coefficient (Wildman–Crippen LogP) is 3.38. The smallest absolute Gasteiger partial charge is 0.0960 e. The first kappa shape index (κ1) is 10.5. The number of halogens is 1. The number of hydrogen-bond acceptors (Lipinski definition) is 0. The van der Waals surface area contributed by atoms with Crippen molar-refractivity contribution in [1.29, 1.82) is 0 Å². The molecule has 0 aliphatic carbocycles. The highest BCUT2D eigenvalue weighted by atomic mass is 19.1. The lowest BCUT2D eigenvalue weighted by molar-refractivity contribution is 0.447. The first-order chi connectivity index (χ1) is 6.74. The Morgan fingerprint density at radius 1 is 1.64 bits per heavy atom. The van der Waals surface area contributed by atoms with Crippen molar-refractivity contribution in [1.82, 2.24) is 0 Å². The Labute approximate surface area is 84.5 Å². The Morgan fingerprint density at radius 3 is 2.86 bits per heavy atom. The molecule has 0 saturated carbocycles. The van der Waals surface area contributed by atoms with Crippen LogP contribution in [-0.4, -0.2) is 6.67 Å². The normalized spacial score (nSPS) is 11.8. The van der Waals surface area contributed by atoms with Crippen molar-refractivity contribution in [2.45, 2.75) is 12.8 Å². The van der Waals surface area contributed by atoms with Gasteiger partial charge in [0.25, 0.3) is 0 Å². The summed E-state index contributed by atoms with van der Waals surface area (Å²) in [4.78, 5) is 0. The van der Waals surface area contributed by atoms with E-state index in [1.54, 1.807) is 6.08 Å². The minimum atomic E-state index is -0.394. The van der Waals surface area contributed by atoms with Crippen molar-refractivity contribution in [3.63, 3.8) is 0 Å². The van der Waals surface area contributed by atoms with E-state index in [1.165, 1.54) is 0 Å². The molecule has 1 rings (SSSR count). The molecule has 0 radical (unpaired) electrons. The number of alkyl halides is 1. The molecule has 14 heavy (non-hydrogen) atoms. The first-order valence-electron chi connectivity index (χ1n) is 4.52. The fourth-order valence-corrected chi connectivity index (χ4v) is 1.42. The molecule has 0 aliphatic heterocycles. The summed E-state index contributed by atoms with van der Waals surface area (Å²) in [5.41, 5.74) is 2.53. The van der Waals surface area contributed by atoms with Gasteiger partial charge >= 0.3 is 0 Å². The van der Waals surface area contributed by atoms with Crippen LogP contribution in [0.15, 0.2) is 24.8 Å². The number of hydrogen-bond donors (Lipinski definition) is 0. The third-order valence-electron chi connectivity index (χ3n) is 2.26. The standard InChI is InChI=1S/C13H13F/c1-4-11-7-6-8-13(10(3)9-14)12(11)5-2/h2,4,6-8,10H,1,9H2,3H3. The van der Waals surface area contributed by atoms with Gasteiger partial charge < -0.3 is 0 Å². The molecule has 0 saturated heterocycles. The summed E-state index contributed by atoms with van der Waals surface area (Å²) >= 11 is 0. The highest BCUT2D eigenvalue weighted by Crippen LogP contribution is 2.23. The van der Waals surface area contributed by atoms with Gasteiger partial charge in [0.15, 0.2) is 0 Å². The quantitative estimate of drug-likeness (QED) is 0.638. The molecular formula is C13H13F. The number of rotatable bonds is 3. The van der Waals surface area contributed by atoms with Crippen LogP contribution < -0.4 is 0 Å². The lowest BCUT2D eigenvalue weighted by Crippen LogP contribution is -2.00. The highest BCUT2D eigenvalue weighted by molar-refractivity contribution is 5.60. The Balaban J connectivity index is 3.30. The van der Waals surface area contributed by atoms with Gasteiger partial charge in [-0.1, -0.05) is 43.7 Å². The first-order valence-corrected chi connectivity index (χ1v) is 4.52. The lowest BCUT2D eigenvalue weighted by Gasteiger charge is -2.11. The summed E-state index contributed by atoms with van der Waals surface area (Å²) in [5, 5.41) is 0. The molecule has 1 heteroatoms. The average Bonchev–Trinajstić information content (AvgIpc) is 2.26. The van der Waals surface area contributed by atoms with Crippen LogP contribution in [-0.2, 0) is 0 Å². The van der Waals surface area contributed by atoms with Gasteiger partial charge in [-0.2, -0.15) is 0 Å². The molecule has 0 amide bonds. The second-order valence-electron chi connectivity index (χ2n) is 3.22. The van der Waals surface area contributed by atoms with E-state index in [0.29, 0.717) is 0 Å². The van der Waals surface area contributed by atoms with E-state index in [1.807, 2.05) is 25.1 Å². The average molecular weight is 188 g/mol. The zero-order valence-corrected chi connectivity index (χ0v) is 8.26. The van der Waals surface area contributed by atoms with Gasteiger partial charge in [-0.25, -0.2) is 0 Å².